The first-order valence-corrected chi connectivity index (χ1v) is 10.1. The predicted molar refractivity (Wildman–Crippen MR) is 111 cm³/mol. The number of aryl methyl sites for hydroxylation is 1. The molecule has 29 heavy (non-hydrogen) atoms. The van der Waals surface area contributed by atoms with E-state index in [0.29, 0.717) is 12.0 Å². The highest BCUT2D eigenvalue weighted by atomic mass is 16.5. The summed E-state index contributed by atoms with van der Waals surface area (Å²) < 4.78 is 10.5. The molecule has 3 aromatic rings. The number of piperazine rings is 1. The van der Waals surface area contributed by atoms with Crippen molar-refractivity contribution in [1.82, 2.24) is 0 Å². The molecule has 4 rings (SSSR count). The van der Waals surface area contributed by atoms with Crippen LogP contribution in [-0.2, 0) is 13.0 Å². The second-order valence-corrected chi connectivity index (χ2v) is 7.51. The van der Waals surface area contributed by atoms with E-state index in [9.17, 15) is 9.90 Å². The molecule has 1 fully saturated rings. The number of hydrogen-bond donors (Lipinski definition) is 1. The van der Waals surface area contributed by atoms with Crippen molar-refractivity contribution in [3.63, 3.8) is 0 Å². The summed E-state index contributed by atoms with van der Waals surface area (Å²) in [6.07, 6.45) is 0.667. The zero-order valence-corrected chi connectivity index (χ0v) is 16.9. The highest BCUT2D eigenvalue weighted by Gasteiger charge is 2.22. The molecule has 6 heteroatoms. The average molecular weight is 394 g/mol. The molecule has 6 nitrogen and oxygen atoms in total. The largest absolute Gasteiger partial charge is 0.872 e. The number of methoxy groups -OCH3 is 1. The third-order valence-electron chi connectivity index (χ3n) is 5.74. The van der Waals surface area contributed by atoms with Crippen molar-refractivity contribution < 1.29 is 19.2 Å². The van der Waals surface area contributed by atoms with Gasteiger partial charge in [0, 0.05) is 22.7 Å². The van der Waals surface area contributed by atoms with E-state index < -0.39 is 5.63 Å². The molecule has 1 aliphatic rings. The lowest BCUT2D eigenvalue weighted by atomic mass is 10.0. The summed E-state index contributed by atoms with van der Waals surface area (Å²) >= 11 is 0. The maximum Gasteiger partial charge on any atom is 0.336 e. The number of rotatable bonds is 5. The standard InChI is InChI=1S/C23H26N2O4/c1-3-16-12-20-17(13-23(27)29-22(20)14-21(16)26)15-24-8-10-25(11-9-24)18-4-6-19(28-2)7-5-18/h4-7,12-14,26H,3,8-11,15H2,1-2H3. The van der Waals surface area contributed by atoms with Gasteiger partial charge in [-0.05, 0) is 42.8 Å². The zero-order chi connectivity index (χ0) is 20.4. The van der Waals surface area contributed by atoms with Crippen molar-refractivity contribution in [3.05, 3.63) is 64.0 Å². The van der Waals surface area contributed by atoms with Crippen LogP contribution < -0.4 is 25.3 Å². The minimum absolute atomic E-state index is 0.0687. The van der Waals surface area contributed by atoms with Crippen LogP contribution in [0.25, 0.3) is 11.0 Å². The number of ether oxygens (including phenoxy) is 1. The summed E-state index contributed by atoms with van der Waals surface area (Å²) in [7, 11) is 1.67. The molecule has 152 valence electrons. The summed E-state index contributed by atoms with van der Waals surface area (Å²) in [5.74, 6) is 0.793. The molecule has 1 aliphatic heterocycles. The summed E-state index contributed by atoms with van der Waals surface area (Å²) in [4.78, 5) is 15.8. The lowest BCUT2D eigenvalue weighted by Gasteiger charge is -2.33. The van der Waals surface area contributed by atoms with E-state index in [1.807, 2.05) is 25.1 Å². The molecule has 1 N–H and O–H groups in total. The number of anilines is 1. The van der Waals surface area contributed by atoms with Crippen LogP contribution in [-0.4, -0.2) is 33.3 Å². The molecule has 0 saturated carbocycles. The first-order valence-electron chi connectivity index (χ1n) is 10.1. The second kappa shape index (κ2) is 8.17. The van der Waals surface area contributed by atoms with Crippen LogP contribution in [0, 0.1) is 0 Å². The quantitative estimate of drug-likeness (QED) is 0.662. The van der Waals surface area contributed by atoms with Gasteiger partial charge in [0.15, 0.2) is 0 Å². The summed E-state index contributed by atoms with van der Waals surface area (Å²) in [6.45, 7) is 6.57. The fourth-order valence-corrected chi connectivity index (χ4v) is 4.04. The molecule has 1 saturated heterocycles. The smallest absolute Gasteiger partial charge is 0.336 e. The highest BCUT2D eigenvalue weighted by molar-refractivity contribution is 5.82. The predicted octanol–water partition coefficient (Wildman–Crippen LogP) is 1.34. The monoisotopic (exact) mass is 394 g/mol. The topological polar surface area (TPSA) is 70.2 Å². The number of nitrogens with one attached hydrogen (secondary N) is 1. The van der Waals surface area contributed by atoms with Gasteiger partial charge < -0.3 is 24.1 Å². The van der Waals surface area contributed by atoms with Gasteiger partial charge in [0.1, 0.15) is 17.9 Å². The van der Waals surface area contributed by atoms with Crippen LogP contribution in [0.2, 0.25) is 0 Å². The Morgan fingerprint density at radius 1 is 1.10 bits per heavy atom. The third kappa shape index (κ3) is 4.07. The van der Waals surface area contributed by atoms with Gasteiger partial charge in [-0.15, -0.1) is 5.75 Å². The van der Waals surface area contributed by atoms with Crippen LogP contribution in [0.4, 0.5) is 5.69 Å². The molecular weight excluding hydrogens is 368 g/mol. The van der Waals surface area contributed by atoms with Gasteiger partial charge in [-0.3, -0.25) is 0 Å². The summed E-state index contributed by atoms with van der Waals surface area (Å²) in [6, 6.07) is 13.1. The van der Waals surface area contributed by atoms with Crippen molar-refractivity contribution in [2.75, 3.05) is 38.2 Å². The van der Waals surface area contributed by atoms with Gasteiger partial charge in [0.25, 0.3) is 0 Å². The first kappa shape index (κ1) is 19.3. The van der Waals surface area contributed by atoms with Crippen molar-refractivity contribution in [1.29, 1.82) is 0 Å². The van der Waals surface area contributed by atoms with Crippen molar-refractivity contribution >= 4 is 16.7 Å². The maximum atomic E-state index is 12.1. The molecule has 0 unspecified atom stereocenters. The van der Waals surface area contributed by atoms with Gasteiger partial charge >= 0.3 is 5.63 Å². The summed E-state index contributed by atoms with van der Waals surface area (Å²) in [5.41, 5.74) is 2.91. The molecule has 2 heterocycles. The molecule has 2 aromatic carbocycles. The molecule has 0 spiro atoms. The molecule has 0 atom stereocenters. The van der Waals surface area contributed by atoms with Crippen LogP contribution >= 0.6 is 0 Å². The molecule has 1 aromatic heterocycles. The summed E-state index contributed by atoms with van der Waals surface area (Å²) in [5, 5.41) is 13.0. The van der Waals surface area contributed by atoms with E-state index in [0.717, 1.165) is 55.0 Å². The minimum atomic E-state index is -0.396. The molecule has 0 amide bonds. The van der Waals surface area contributed by atoms with E-state index >= 15 is 0 Å². The Morgan fingerprint density at radius 3 is 2.48 bits per heavy atom. The Morgan fingerprint density at radius 2 is 1.83 bits per heavy atom. The number of hydrogen-bond acceptors (Lipinski definition) is 5. The van der Waals surface area contributed by atoms with Gasteiger partial charge in [-0.2, -0.15) is 0 Å². The van der Waals surface area contributed by atoms with Gasteiger partial charge in [-0.1, -0.05) is 12.5 Å². The Labute approximate surface area is 169 Å². The van der Waals surface area contributed by atoms with Gasteiger partial charge in [0.05, 0.1) is 33.3 Å². The number of benzene rings is 2. The second-order valence-electron chi connectivity index (χ2n) is 7.51. The van der Waals surface area contributed by atoms with Crippen LogP contribution in [0.5, 0.6) is 11.5 Å². The molecule has 0 radical (unpaired) electrons. The van der Waals surface area contributed by atoms with E-state index in [4.69, 9.17) is 9.15 Å². The fraction of sp³-hybridized carbons (Fsp3) is 0.348. The first-order chi connectivity index (χ1) is 14.1. The number of quaternary nitrogens is 1. The van der Waals surface area contributed by atoms with Crippen molar-refractivity contribution in [2.45, 2.75) is 19.9 Å². The Kier molecular flexibility index (Phi) is 5.45. The molecule has 0 bridgehead atoms. The Balaban J connectivity index is 1.50. The Bertz CT molecular complexity index is 1050. The zero-order valence-electron chi connectivity index (χ0n) is 16.9. The van der Waals surface area contributed by atoms with Gasteiger partial charge in [0.2, 0.25) is 0 Å². The van der Waals surface area contributed by atoms with E-state index in [1.54, 1.807) is 13.2 Å². The molecule has 0 aliphatic carbocycles. The number of fused-ring (bicyclic) bond motifs is 1. The maximum absolute atomic E-state index is 12.1. The van der Waals surface area contributed by atoms with Crippen LogP contribution in [0.15, 0.2) is 51.7 Å². The normalized spacial score (nSPS) is 15.0. The van der Waals surface area contributed by atoms with Crippen LogP contribution in [0.3, 0.4) is 0 Å². The molecular formula is C23H26N2O4. The lowest BCUT2D eigenvalue weighted by Crippen LogP contribution is -3.13. The SMILES string of the molecule is CCc1cc2c(C[NH+]3CCN(c4ccc(OC)cc4)CC3)cc(=O)oc2cc1[O-]. The lowest BCUT2D eigenvalue weighted by molar-refractivity contribution is -0.914. The van der Waals surface area contributed by atoms with Gasteiger partial charge in [-0.25, -0.2) is 4.79 Å². The Hall–Kier alpha value is -2.99. The van der Waals surface area contributed by atoms with E-state index in [-0.39, 0.29) is 5.75 Å². The highest BCUT2D eigenvalue weighted by Crippen LogP contribution is 2.25. The third-order valence-corrected chi connectivity index (χ3v) is 5.74. The van der Waals surface area contributed by atoms with Crippen LogP contribution in [0.1, 0.15) is 18.1 Å². The van der Waals surface area contributed by atoms with Crippen molar-refractivity contribution in [2.24, 2.45) is 0 Å². The van der Waals surface area contributed by atoms with E-state index in [2.05, 4.69) is 17.0 Å². The fourth-order valence-electron chi connectivity index (χ4n) is 4.04. The minimum Gasteiger partial charge on any atom is -0.872 e. The van der Waals surface area contributed by atoms with E-state index in [1.165, 1.54) is 16.7 Å². The average Bonchev–Trinajstić information content (AvgIpc) is 2.74. The number of nitrogens with zero attached hydrogens (tertiary/aromatic N) is 1. The van der Waals surface area contributed by atoms with Crippen molar-refractivity contribution in [3.8, 4) is 11.5 Å².